The molecule has 5 nitrogen and oxygen atoms in total. The van der Waals surface area contributed by atoms with Crippen LogP contribution in [0.25, 0.3) is 0 Å². The highest BCUT2D eigenvalue weighted by molar-refractivity contribution is 7.08. The largest absolute Gasteiger partial charge is 0.354 e. The molecule has 2 rings (SSSR count). The molecule has 0 aliphatic heterocycles. The Labute approximate surface area is 165 Å². The number of nitrogens with zero attached hydrogens (tertiary/aromatic N) is 1. The van der Waals surface area contributed by atoms with Gasteiger partial charge in [0.25, 0.3) is 5.91 Å². The molecule has 0 saturated heterocycles. The summed E-state index contributed by atoms with van der Waals surface area (Å²) in [5.74, 6) is -0.0600. The Balaban J connectivity index is 1.75. The minimum Gasteiger partial charge on any atom is -0.354 e. The van der Waals surface area contributed by atoms with Gasteiger partial charge in [0, 0.05) is 30.5 Å². The van der Waals surface area contributed by atoms with Crippen LogP contribution >= 0.6 is 11.3 Å². The summed E-state index contributed by atoms with van der Waals surface area (Å²) in [6.45, 7) is 7.22. The van der Waals surface area contributed by atoms with Crippen LogP contribution in [-0.2, 0) is 4.79 Å². The summed E-state index contributed by atoms with van der Waals surface area (Å²) in [6, 6.07) is 12.2. The van der Waals surface area contributed by atoms with Gasteiger partial charge in [-0.15, -0.1) is 0 Å². The number of likely N-dealkylation sites (N-methyl/N-ethyl adjacent to an activating group) is 1. The van der Waals surface area contributed by atoms with Crippen LogP contribution in [-0.4, -0.2) is 42.9 Å². The zero-order valence-electron chi connectivity index (χ0n) is 16.1. The van der Waals surface area contributed by atoms with Crippen molar-refractivity contribution in [3.05, 3.63) is 58.3 Å². The predicted octanol–water partition coefficient (Wildman–Crippen LogP) is 3.46. The summed E-state index contributed by atoms with van der Waals surface area (Å²) in [5.41, 5.74) is 1.89. The van der Waals surface area contributed by atoms with Gasteiger partial charge in [0.2, 0.25) is 5.91 Å². The third-order valence-corrected chi connectivity index (χ3v) is 5.26. The average Bonchev–Trinajstić information content (AvgIpc) is 3.24. The topological polar surface area (TPSA) is 61.4 Å². The van der Waals surface area contributed by atoms with Crippen molar-refractivity contribution in [2.45, 2.75) is 32.7 Å². The molecule has 1 atom stereocenters. The highest BCUT2D eigenvalue weighted by Crippen LogP contribution is 2.19. The van der Waals surface area contributed by atoms with Crippen molar-refractivity contribution < 1.29 is 9.59 Å². The number of hydrogen-bond acceptors (Lipinski definition) is 4. The normalized spacial score (nSPS) is 12.0. The highest BCUT2D eigenvalue weighted by Gasteiger charge is 2.18. The van der Waals surface area contributed by atoms with E-state index in [1.807, 2.05) is 29.0 Å². The maximum absolute atomic E-state index is 12.2. The predicted molar refractivity (Wildman–Crippen MR) is 111 cm³/mol. The lowest BCUT2D eigenvalue weighted by Gasteiger charge is -2.30. The molecule has 1 heterocycles. The average molecular weight is 388 g/mol. The van der Waals surface area contributed by atoms with Crippen molar-refractivity contribution in [1.29, 1.82) is 0 Å². The van der Waals surface area contributed by atoms with Crippen LogP contribution in [0.3, 0.4) is 0 Å². The highest BCUT2D eigenvalue weighted by atomic mass is 32.1. The van der Waals surface area contributed by atoms with E-state index in [4.69, 9.17) is 0 Å². The number of nitrogens with one attached hydrogen (secondary N) is 2. The summed E-state index contributed by atoms with van der Waals surface area (Å²) in [5, 5.41) is 9.60. The SMILES string of the molecule is CCN(CC)C(CNC(=O)CCCNC(=O)c1ccsc1)c1ccccc1. The third-order valence-electron chi connectivity index (χ3n) is 4.58. The van der Waals surface area contributed by atoms with Gasteiger partial charge in [-0.1, -0.05) is 44.2 Å². The first-order valence-electron chi connectivity index (χ1n) is 9.51. The molecular formula is C21H29N3O2S. The van der Waals surface area contributed by atoms with E-state index in [0.717, 1.165) is 13.1 Å². The standard InChI is InChI=1S/C21H29N3O2S/c1-3-24(4-2)19(17-9-6-5-7-10-17)15-23-20(25)11-8-13-22-21(26)18-12-14-27-16-18/h5-7,9-10,12,14,16,19H,3-4,8,11,13,15H2,1-2H3,(H,22,26)(H,23,25). The Bertz CT molecular complexity index is 685. The molecule has 1 aromatic carbocycles. The first-order chi connectivity index (χ1) is 13.2. The fraction of sp³-hybridized carbons (Fsp3) is 0.429. The molecule has 146 valence electrons. The van der Waals surface area contributed by atoms with Crippen LogP contribution in [0, 0.1) is 0 Å². The second kappa shape index (κ2) is 11.5. The number of amides is 2. The van der Waals surface area contributed by atoms with E-state index in [1.54, 1.807) is 6.07 Å². The lowest BCUT2D eigenvalue weighted by Crippen LogP contribution is -2.38. The second-order valence-corrected chi connectivity index (χ2v) is 7.10. The molecule has 1 unspecified atom stereocenters. The minimum absolute atomic E-state index is 0.0212. The van der Waals surface area contributed by atoms with Crippen molar-refractivity contribution in [3.63, 3.8) is 0 Å². The number of thiophene rings is 1. The van der Waals surface area contributed by atoms with Gasteiger partial charge in [-0.05, 0) is 36.5 Å². The summed E-state index contributed by atoms with van der Waals surface area (Å²) in [7, 11) is 0. The number of benzene rings is 1. The van der Waals surface area contributed by atoms with Gasteiger partial charge in [0.15, 0.2) is 0 Å². The van der Waals surface area contributed by atoms with Crippen molar-refractivity contribution in [2.75, 3.05) is 26.2 Å². The molecule has 0 aliphatic carbocycles. The Morgan fingerprint density at radius 3 is 2.44 bits per heavy atom. The fourth-order valence-corrected chi connectivity index (χ4v) is 3.68. The number of carbonyl (C=O) groups is 2. The third kappa shape index (κ3) is 6.81. The molecule has 2 aromatic rings. The zero-order valence-corrected chi connectivity index (χ0v) is 16.9. The summed E-state index contributed by atoms with van der Waals surface area (Å²) in [6.07, 6.45) is 1.03. The molecule has 0 spiro atoms. The second-order valence-electron chi connectivity index (χ2n) is 6.32. The Kier molecular flexibility index (Phi) is 9.01. The molecular weight excluding hydrogens is 358 g/mol. The molecule has 0 saturated carbocycles. The molecule has 0 fully saturated rings. The van der Waals surface area contributed by atoms with Gasteiger partial charge < -0.3 is 10.6 Å². The molecule has 2 N–H and O–H groups in total. The molecule has 6 heteroatoms. The van der Waals surface area contributed by atoms with Crippen molar-refractivity contribution >= 4 is 23.2 Å². The van der Waals surface area contributed by atoms with Crippen molar-refractivity contribution in [2.24, 2.45) is 0 Å². The Morgan fingerprint density at radius 1 is 1.07 bits per heavy atom. The first kappa shape index (κ1) is 21.1. The zero-order chi connectivity index (χ0) is 19.5. The van der Waals surface area contributed by atoms with Crippen LogP contribution < -0.4 is 10.6 Å². The van der Waals surface area contributed by atoms with Gasteiger partial charge in [0.05, 0.1) is 6.04 Å². The van der Waals surface area contributed by atoms with Crippen LogP contribution in [0.1, 0.15) is 48.7 Å². The van der Waals surface area contributed by atoms with Gasteiger partial charge >= 0.3 is 0 Å². The maximum Gasteiger partial charge on any atom is 0.252 e. The van der Waals surface area contributed by atoms with E-state index in [9.17, 15) is 9.59 Å². The lowest BCUT2D eigenvalue weighted by atomic mass is 10.0. The molecule has 27 heavy (non-hydrogen) atoms. The molecule has 2 amide bonds. The van der Waals surface area contributed by atoms with E-state index >= 15 is 0 Å². The maximum atomic E-state index is 12.2. The number of carbonyl (C=O) groups excluding carboxylic acids is 2. The molecule has 0 aliphatic rings. The first-order valence-corrected chi connectivity index (χ1v) is 10.5. The van der Waals surface area contributed by atoms with Gasteiger partial charge in [-0.25, -0.2) is 0 Å². The molecule has 1 aromatic heterocycles. The van der Waals surface area contributed by atoms with Crippen LogP contribution in [0.5, 0.6) is 0 Å². The Morgan fingerprint density at radius 2 is 1.81 bits per heavy atom. The van der Waals surface area contributed by atoms with E-state index in [0.29, 0.717) is 31.5 Å². The van der Waals surface area contributed by atoms with Gasteiger partial charge in [-0.2, -0.15) is 11.3 Å². The van der Waals surface area contributed by atoms with Crippen LogP contribution in [0.15, 0.2) is 47.2 Å². The van der Waals surface area contributed by atoms with E-state index in [1.165, 1.54) is 16.9 Å². The Hall–Kier alpha value is -2.18. The van der Waals surface area contributed by atoms with E-state index < -0.39 is 0 Å². The fourth-order valence-electron chi connectivity index (χ4n) is 3.04. The summed E-state index contributed by atoms with van der Waals surface area (Å²) in [4.78, 5) is 26.4. The van der Waals surface area contributed by atoms with Crippen molar-refractivity contribution in [3.8, 4) is 0 Å². The quantitative estimate of drug-likeness (QED) is 0.581. The smallest absolute Gasteiger partial charge is 0.252 e. The summed E-state index contributed by atoms with van der Waals surface area (Å²) >= 11 is 1.50. The van der Waals surface area contributed by atoms with E-state index in [-0.39, 0.29) is 17.9 Å². The number of hydrogen-bond donors (Lipinski definition) is 2. The van der Waals surface area contributed by atoms with Crippen molar-refractivity contribution in [1.82, 2.24) is 15.5 Å². The monoisotopic (exact) mass is 387 g/mol. The van der Waals surface area contributed by atoms with Gasteiger partial charge in [0.1, 0.15) is 0 Å². The molecule has 0 bridgehead atoms. The lowest BCUT2D eigenvalue weighted by molar-refractivity contribution is -0.121. The van der Waals surface area contributed by atoms with E-state index in [2.05, 4.69) is 41.5 Å². The van der Waals surface area contributed by atoms with Crippen LogP contribution in [0.4, 0.5) is 0 Å². The van der Waals surface area contributed by atoms with Gasteiger partial charge in [-0.3, -0.25) is 14.5 Å². The summed E-state index contributed by atoms with van der Waals surface area (Å²) < 4.78 is 0. The minimum atomic E-state index is -0.0812. The number of rotatable bonds is 11. The molecule has 0 radical (unpaired) electrons. The van der Waals surface area contributed by atoms with Crippen LogP contribution in [0.2, 0.25) is 0 Å².